The summed E-state index contributed by atoms with van der Waals surface area (Å²) in [4.78, 5) is 22.1. The van der Waals surface area contributed by atoms with E-state index in [4.69, 9.17) is 0 Å². The van der Waals surface area contributed by atoms with Gasteiger partial charge in [0.05, 0.1) is 37.6 Å². The smallest absolute Gasteiger partial charge is 0.309 e. The van der Waals surface area contributed by atoms with Crippen LogP contribution in [-0.4, -0.2) is 45.6 Å². The van der Waals surface area contributed by atoms with Crippen LogP contribution in [0.1, 0.15) is 20.3 Å². The molecular formula is C10H18O6S. The monoisotopic (exact) mass is 266 g/mol. The first-order chi connectivity index (χ1) is 7.76. The number of hydrogen-bond donors (Lipinski definition) is 0. The highest BCUT2D eigenvalue weighted by Gasteiger charge is 2.31. The summed E-state index contributed by atoms with van der Waals surface area (Å²) >= 11 is 0. The summed E-state index contributed by atoms with van der Waals surface area (Å²) in [6.45, 7) is 2.90. The lowest BCUT2D eigenvalue weighted by atomic mass is 10.1. The molecule has 0 N–H and O–H groups in total. The van der Waals surface area contributed by atoms with Gasteiger partial charge in [-0.05, 0) is 6.92 Å². The maximum Gasteiger partial charge on any atom is 0.309 e. The summed E-state index contributed by atoms with van der Waals surface area (Å²) in [5.74, 6) is -2.27. The molecule has 0 aliphatic heterocycles. The Kier molecular flexibility index (Phi) is 6.15. The first kappa shape index (κ1) is 15.9. The van der Waals surface area contributed by atoms with Crippen molar-refractivity contribution in [3.63, 3.8) is 0 Å². The van der Waals surface area contributed by atoms with Gasteiger partial charge in [0.2, 0.25) is 0 Å². The van der Waals surface area contributed by atoms with Crippen LogP contribution in [0.3, 0.4) is 0 Å². The Balaban J connectivity index is 4.60. The van der Waals surface area contributed by atoms with E-state index in [0.717, 1.165) is 0 Å². The molecule has 6 nitrogen and oxygen atoms in total. The molecule has 0 aromatic carbocycles. The van der Waals surface area contributed by atoms with Crippen molar-refractivity contribution in [3.8, 4) is 0 Å². The average molecular weight is 266 g/mol. The number of esters is 2. The Labute approximate surface area is 101 Å². The SMILES string of the molecule is COC(=O)CCS(=O)(=O)C(C)C(C)C(=O)OC. The summed E-state index contributed by atoms with van der Waals surface area (Å²) in [5, 5.41) is -0.889. The molecule has 100 valence electrons. The average Bonchev–Trinajstić information content (AvgIpc) is 2.32. The molecule has 17 heavy (non-hydrogen) atoms. The molecule has 0 aromatic rings. The summed E-state index contributed by atoms with van der Waals surface area (Å²) in [7, 11) is -1.13. The van der Waals surface area contributed by atoms with Gasteiger partial charge in [0, 0.05) is 0 Å². The molecule has 0 heterocycles. The second-order valence-corrected chi connectivity index (χ2v) is 6.19. The maximum absolute atomic E-state index is 11.8. The van der Waals surface area contributed by atoms with Crippen molar-refractivity contribution in [3.05, 3.63) is 0 Å². The van der Waals surface area contributed by atoms with Crippen LogP contribution in [0.25, 0.3) is 0 Å². The van der Waals surface area contributed by atoms with E-state index in [-0.39, 0.29) is 12.2 Å². The van der Waals surface area contributed by atoms with Crippen molar-refractivity contribution in [2.45, 2.75) is 25.5 Å². The number of carbonyl (C=O) groups excluding carboxylic acids is 2. The number of hydrogen-bond acceptors (Lipinski definition) is 6. The largest absolute Gasteiger partial charge is 0.469 e. The third-order valence-corrected chi connectivity index (χ3v) is 4.98. The second kappa shape index (κ2) is 6.58. The number of carbonyl (C=O) groups is 2. The Bertz CT molecular complexity index is 372. The van der Waals surface area contributed by atoms with E-state index < -0.39 is 32.9 Å². The zero-order chi connectivity index (χ0) is 13.6. The van der Waals surface area contributed by atoms with Gasteiger partial charge in [-0.1, -0.05) is 6.92 Å². The highest BCUT2D eigenvalue weighted by molar-refractivity contribution is 7.92. The number of sulfone groups is 1. The molecule has 0 bridgehead atoms. The minimum Gasteiger partial charge on any atom is -0.469 e. The molecule has 2 atom stereocenters. The first-order valence-electron chi connectivity index (χ1n) is 5.12. The van der Waals surface area contributed by atoms with E-state index in [9.17, 15) is 18.0 Å². The summed E-state index contributed by atoms with van der Waals surface area (Å²) < 4.78 is 32.4. The standard InChI is InChI=1S/C10H18O6S/c1-7(10(12)16-4)8(2)17(13,14)6-5-9(11)15-3/h7-8H,5-6H2,1-4H3. The highest BCUT2D eigenvalue weighted by atomic mass is 32.2. The van der Waals surface area contributed by atoms with Crippen LogP contribution in [0.15, 0.2) is 0 Å². The molecule has 0 spiro atoms. The van der Waals surface area contributed by atoms with Crippen LogP contribution >= 0.6 is 0 Å². The molecule has 0 aromatic heterocycles. The Hall–Kier alpha value is -1.11. The molecule has 0 aliphatic rings. The normalized spacial score (nSPS) is 14.8. The highest BCUT2D eigenvalue weighted by Crippen LogP contribution is 2.15. The molecule has 0 amide bonds. The molecule has 0 fully saturated rings. The van der Waals surface area contributed by atoms with Crippen molar-refractivity contribution < 1.29 is 27.5 Å². The number of ether oxygens (including phenoxy) is 2. The van der Waals surface area contributed by atoms with Crippen LogP contribution in [0.4, 0.5) is 0 Å². The molecule has 7 heteroatoms. The molecule has 0 saturated carbocycles. The lowest BCUT2D eigenvalue weighted by Gasteiger charge is -2.17. The lowest BCUT2D eigenvalue weighted by Crippen LogP contribution is -2.33. The van der Waals surface area contributed by atoms with E-state index >= 15 is 0 Å². The fraction of sp³-hybridized carbons (Fsp3) is 0.800. The van der Waals surface area contributed by atoms with Gasteiger partial charge < -0.3 is 9.47 Å². The second-order valence-electron chi connectivity index (χ2n) is 3.71. The topological polar surface area (TPSA) is 86.7 Å². The zero-order valence-corrected chi connectivity index (χ0v) is 11.2. The molecule has 0 aliphatic carbocycles. The van der Waals surface area contributed by atoms with Crippen LogP contribution in [-0.2, 0) is 28.9 Å². The van der Waals surface area contributed by atoms with Crippen molar-refractivity contribution >= 4 is 21.8 Å². The predicted octanol–water partition coefficient (Wildman–Crippen LogP) is 0.162. The van der Waals surface area contributed by atoms with Gasteiger partial charge in [0.25, 0.3) is 0 Å². The van der Waals surface area contributed by atoms with Gasteiger partial charge in [-0.15, -0.1) is 0 Å². The van der Waals surface area contributed by atoms with E-state index in [1.807, 2.05) is 0 Å². The van der Waals surface area contributed by atoms with Gasteiger partial charge in [-0.3, -0.25) is 9.59 Å². The van der Waals surface area contributed by atoms with Crippen LogP contribution in [0.2, 0.25) is 0 Å². The van der Waals surface area contributed by atoms with E-state index in [2.05, 4.69) is 9.47 Å². The molecule has 0 rings (SSSR count). The van der Waals surface area contributed by atoms with Crippen molar-refractivity contribution in [2.24, 2.45) is 5.92 Å². The quantitative estimate of drug-likeness (QED) is 0.637. The van der Waals surface area contributed by atoms with Gasteiger partial charge in [0.15, 0.2) is 9.84 Å². The van der Waals surface area contributed by atoms with Crippen molar-refractivity contribution in [2.75, 3.05) is 20.0 Å². The van der Waals surface area contributed by atoms with E-state index in [0.29, 0.717) is 0 Å². The lowest BCUT2D eigenvalue weighted by molar-refractivity contribution is -0.144. The minimum absolute atomic E-state index is 0.211. The maximum atomic E-state index is 11.8. The Morgan fingerprint density at radius 3 is 2.06 bits per heavy atom. The first-order valence-corrected chi connectivity index (χ1v) is 6.84. The fourth-order valence-electron chi connectivity index (χ4n) is 1.20. The minimum atomic E-state index is -3.52. The van der Waals surface area contributed by atoms with Crippen molar-refractivity contribution in [1.29, 1.82) is 0 Å². The fourth-order valence-corrected chi connectivity index (χ4v) is 2.76. The summed E-state index contributed by atoms with van der Waals surface area (Å²) in [6.07, 6.45) is -0.211. The zero-order valence-electron chi connectivity index (χ0n) is 10.4. The van der Waals surface area contributed by atoms with Crippen LogP contribution in [0, 0.1) is 5.92 Å². The summed E-state index contributed by atoms with van der Waals surface area (Å²) in [6, 6.07) is 0. The van der Waals surface area contributed by atoms with Crippen LogP contribution in [0.5, 0.6) is 0 Å². The number of rotatable bonds is 6. The molecule has 0 saturated heterocycles. The Morgan fingerprint density at radius 2 is 1.65 bits per heavy atom. The third-order valence-electron chi connectivity index (χ3n) is 2.66. The van der Waals surface area contributed by atoms with Crippen LogP contribution < -0.4 is 0 Å². The number of methoxy groups -OCH3 is 2. The van der Waals surface area contributed by atoms with Gasteiger partial charge in [-0.2, -0.15) is 0 Å². The predicted molar refractivity (Wildman–Crippen MR) is 61.1 cm³/mol. The van der Waals surface area contributed by atoms with Gasteiger partial charge >= 0.3 is 11.9 Å². The van der Waals surface area contributed by atoms with E-state index in [1.54, 1.807) is 0 Å². The Morgan fingerprint density at radius 1 is 1.12 bits per heavy atom. The third kappa shape index (κ3) is 4.72. The van der Waals surface area contributed by atoms with E-state index in [1.165, 1.54) is 28.1 Å². The van der Waals surface area contributed by atoms with Gasteiger partial charge in [-0.25, -0.2) is 8.42 Å². The van der Waals surface area contributed by atoms with Gasteiger partial charge in [0.1, 0.15) is 0 Å². The molecular weight excluding hydrogens is 248 g/mol. The summed E-state index contributed by atoms with van der Waals surface area (Å²) in [5.41, 5.74) is 0. The molecule has 2 unspecified atom stereocenters. The molecule has 0 radical (unpaired) electrons. The van der Waals surface area contributed by atoms with Crippen molar-refractivity contribution in [1.82, 2.24) is 0 Å².